The predicted octanol–water partition coefficient (Wildman–Crippen LogP) is -0.525. The number of phosphoric ester groups is 1. The lowest BCUT2D eigenvalue weighted by Gasteiger charge is -2.29. The van der Waals surface area contributed by atoms with Gasteiger partial charge in [-0.3, -0.25) is 14.3 Å². The van der Waals surface area contributed by atoms with Gasteiger partial charge in [0, 0.05) is 11.6 Å². The van der Waals surface area contributed by atoms with Gasteiger partial charge in [-0.25, -0.2) is 13.7 Å². The minimum absolute atomic E-state index is 0.0318. The Morgan fingerprint density at radius 1 is 1.30 bits per heavy atom. The van der Waals surface area contributed by atoms with E-state index in [1.807, 2.05) is 5.38 Å². The predicted molar refractivity (Wildman–Crippen MR) is 122 cm³/mol. The van der Waals surface area contributed by atoms with Crippen LogP contribution >= 0.6 is 35.1 Å². The van der Waals surface area contributed by atoms with Crippen LogP contribution in [0.5, 0.6) is 0 Å². The highest BCUT2D eigenvalue weighted by Crippen LogP contribution is 2.67. The summed E-state index contributed by atoms with van der Waals surface area (Å²) in [6, 6.07) is 1.31. The number of nitrogens with two attached hydrogens (primary N) is 1. The fourth-order valence-electron chi connectivity index (χ4n) is 3.79. The number of nitrogens with zero attached hydrogens (tertiary/aromatic N) is 2. The molecule has 0 aliphatic carbocycles. The molecular formula is C15H20ClN4O14P3. The molecule has 1 aliphatic rings. The normalized spacial score (nSPS) is 28.3. The summed E-state index contributed by atoms with van der Waals surface area (Å²) in [4.78, 5) is 54.9. The first-order chi connectivity index (χ1) is 16.9. The molecule has 0 radical (unpaired) electrons. The van der Waals surface area contributed by atoms with Crippen LogP contribution in [-0.2, 0) is 31.6 Å². The number of aliphatic hydroxyl groups excluding tert-OH is 1. The maximum Gasteiger partial charge on any atom is 0.490 e. The minimum atomic E-state index is -5.81. The van der Waals surface area contributed by atoms with E-state index in [0.717, 1.165) is 11.5 Å². The number of aromatic nitrogens is 3. The van der Waals surface area contributed by atoms with Gasteiger partial charge in [0.15, 0.2) is 17.5 Å². The van der Waals surface area contributed by atoms with Crippen LogP contribution in [-0.4, -0.2) is 68.7 Å². The molecule has 0 amide bonds. The first-order valence-electron chi connectivity index (χ1n) is 9.73. The number of aromatic amines is 1. The number of ether oxygens (including phenoxy) is 1. The molecule has 3 heterocycles. The molecule has 0 saturated carbocycles. The van der Waals surface area contributed by atoms with Crippen molar-refractivity contribution in [3.63, 3.8) is 0 Å². The first kappa shape index (κ1) is 29.9. The maximum atomic E-state index is 12.3. The van der Waals surface area contributed by atoms with Crippen molar-refractivity contribution in [1.29, 1.82) is 0 Å². The summed E-state index contributed by atoms with van der Waals surface area (Å²) in [5.41, 5.74) is 2.57. The summed E-state index contributed by atoms with van der Waals surface area (Å²) in [6.45, 7) is 0.208. The van der Waals surface area contributed by atoms with Crippen molar-refractivity contribution in [2.45, 2.75) is 31.0 Å². The van der Waals surface area contributed by atoms with Crippen LogP contribution in [0.25, 0.3) is 11.0 Å². The van der Waals surface area contributed by atoms with Crippen molar-refractivity contribution < 1.29 is 61.4 Å². The second kappa shape index (κ2) is 10.5. The largest absolute Gasteiger partial charge is 0.490 e. The number of nitrogen functional groups attached to an aromatic ring is 1. The molecule has 7 atom stereocenters. The van der Waals surface area contributed by atoms with Crippen molar-refractivity contribution in [2.24, 2.45) is 5.92 Å². The van der Waals surface area contributed by atoms with Crippen LogP contribution < -0.4 is 11.3 Å². The molecule has 1 aliphatic heterocycles. The van der Waals surface area contributed by atoms with Gasteiger partial charge >= 0.3 is 23.5 Å². The number of rotatable bonds is 9. The smallest absolute Gasteiger partial charge is 0.396 e. The molecule has 0 bridgehead atoms. The van der Waals surface area contributed by atoms with E-state index in [-0.39, 0.29) is 17.0 Å². The fraction of sp³-hybridized carbons (Fsp3) is 0.467. The summed E-state index contributed by atoms with van der Waals surface area (Å²) in [6.07, 6.45) is -3.44. The van der Waals surface area contributed by atoms with E-state index in [2.05, 4.69) is 24.5 Å². The number of H-pyrrole nitrogens is 1. The van der Waals surface area contributed by atoms with Gasteiger partial charge in [-0.1, -0.05) is 0 Å². The molecule has 9 N–H and O–H groups in total. The van der Waals surface area contributed by atoms with E-state index in [1.165, 1.54) is 12.3 Å². The average molecular weight is 609 g/mol. The SMILES string of the molecule is C[C@@H](OP(=O)(O)OP(=O)(O)OP(=O)(O)O)[C@H]1O[C@@H](n2ccc3c(=O)[nH]c(N)nc32)C(O)(C#CCl)C1CO. The van der Waals surface area contributed by atoms with E-state index >= 15 is 0 Å². The lowest BCUT2D eigenvalue weighted by atomic mass is 9.84. The highest BCUT2D eigenvalue weighted by Gasteiger charge is 2.58. The van der Waals surface area contributed by atoms with Crippen LogP contribution in [0.4, 0.5) is 5.95 Å². The van der Waals surface area contributed by atoms with Crippen molar-refractivity contribution in [2.75, 3.05) is 12.3 Å². The average Bonchev–Trinajstić information content (AvgIpc) is 3.23. The molecule has 1 saturated heterocycles. The zero-order valence-corrected chi connectivity index (χ0v) is 21.8. The van der Waals surface area contributed by atoms with Crippen LogP contribution in [0.1, 0.15) is 13.2 Å². The molecule has 4 unspecified atom stereocenters. The summed E-state index contributed by atoms with van der Waals surface area (Å²) < 4.78 is 53.7. The van der Waals surface area contributed by atoms with Crippen LogP contribution in [0.3, 0.4) is 0 Å². The second-order valence-electron chi connectivity index (χ2n) is 7.60. The van der Waals surface area contributed by atoms with Gasteiger partial charge in [0.25, 0.3) is 5.56 Å². The minimum Gasteiger partial charge on any atom is -0.396 e. The van der Waals surface area contributed by atoms with E-state index in [4.69, 9.17) is 36.4 Å². The molecule has 22 heteroatoms. The zero-order valence-electron chi connectivity index (χ0n) is 18.3. The molecular weight excluding hydrogens is 589 g/mol. The Morgan fingerprint density at radius 3 is 2.51 bits per heavy atom. The third kappa shape index (κ3) is 6.51. The lowest BCUT2D eigenvalue weighted by Crippen LogP contribution is -2.45. The Labute approximate surface area is 211 Å². The standard InChI is InChI=1S/C15H20ClN4O14P3/c1-7(32-36(27,28)34-37(29,30)33-35(24,25)26)10-9(6-21)15(23,3-4-16)13(31-10)20-5-2-8-11(20)18-14(17)19-12(8)22/h2,5,7,9-10,13,21,23H,6H2,1H3,(H,27,28)(H,29,30)(H2,24,25,26)(H3,17,18,19,22)/t7-,9?,10-,13-,15?/m1/s1. The van der Waals surface area contributed by atoms with Gasteiger partial charge in [0.1, 0.15) is 0 Å². The monoisotopic (exact) mass is 608 g/mol. The van der Waals surface area contributed by atoms with E-state index < -0.39 is 65.6 Å². The number of nitrogens with one attached hydrogen (secondary N) is 1. The van der Waals surface area contributed by atoms with E-state index in [0.29, 0.717) is 0 Å². The van der Waals surface area contributed by atoms with E-state index in [9.17, 15) is 38.5 Å². The fourth-order valence-corrected chi connectivity index (χ4v) is 7.14. The Morgan fingerprint density at radius 2 is 1.95 bits per heavy atom. The quantitative estimate of drug-likeness (QED) is 0.131. The number of halogens is 1. The number of phosphoric acid groups is 3. The Kier molecular flexibility index (Phi) is 8.48. The zero-order chi connectivity index (χ0) is 28.0. The third-order valence-electron chi connectivity index (χ3n) is 5.10. The molecule has 206 valence electrons. The van der Waals surface area contributed by atoms with Gasteiger partial charge in [0.2, 0.25) is 5.95 Å². The number of fused-ring (bicyclic) bond motifs is 1. The van der Waals surface area contributed by atoms with Gasteiger partial charge in [-0.15, -0.1) is 0 Å². The number of hydrogen-bond donors (Lipinski definition) is 8. The Hall–Kier alpha value is -1.64. The van der Waals surface area contributed by atoms with Crippen LogP contribution in [0, 0.1) is 17.2 Å². The number of hydrogen-bond acceptors (Lipinski definition) is 12. The van der Waals surface area contributed by atoms with Crippen LogP contribution in [0.15, 0.2) is 17.1 Å². The molecule has 37 heavy (non-hydrogen) atoms. The topological polar surface area (TPSA) is 286 Å². The third-order valence-corrected chi connectivity index (χ3v) is 9.12. The summed E-state index contributed by atoms with van der Waals surface area (Å²) in [7, 11) is -17.0. The summed E-state index contributed by atoms with van der Waals surface area (Å²) >= 11 is 5.52. The van der Waals surface area contributed by atoms with Crippen molar-refractivity contribution >= 4 is 52.1 Å². The molecule has 3 rings (SSSR count). The highest BCUT2D eigenvalue weighted by molar-refractivity contribution is 7.66. The van der Waals surface area contributed by atoms with E-state index in [1.54, 1.807) is 0 Å². The van der Waals surface area contributed by atoms with Crippen molar-refractivity contribution in [3.8, 4) is 11.3 Å². The number of aliphatic hydroxyl groups is 2. The second-order valence-corrected chi connectivity index (χ2v) is 12.2. The molecule has 0 aromatic carbocycles. The maximum absolute atomic E-state index is 12.3. The van der Waals surface area contributed by atoms with Crippen LogP contribution in [0.2, 0.25) is 0 Å². The van der Waals surface area contributed by atoms with Crippen molar-refractivity contribution in [1.82, 2.24) is 14.5 Å². The highest BCUT2D eigenvalue weighted by atomic mass is 35.5. The van der Waals surface area contributed by atoms with Gasteiger partial charge in [0.05, 0.1) is 30.1 Å². The molecule has 18 nitrogen and oxygen atoms in total. The lowest BCUT2D eigenvalue weighted by molar-refractivity contribution is -0.0828. The molecule has 1 fully saturated rings. The molecule has 0 spiro atoms. The summed E-state index contributed by atoms with van der Waals surface area (Å²) in [5.74, 6) is 0.570. The number of anilines is 1. The van der Waals surface area contributed by atoms with Crippen molar-refractivity contribution in [3.05, 3.63) is 22.6 Å². The van der Waals surface area contributed by atoms with Gasteiger partial charge in [-0.05, 0) is 30.5 Å². The Bertz CT molecular complexity index is 1450. The van der Waals surface area contributed by atoms with Gasteiger partial charge in [-0.2, -0.15) is 13.6 Å². The van der Waals surface area contributed by atoms with Gasteiger partial charge < -0.3 is 44.8 Å². The summed E-state index contributed by atoms with van der Waals surface area (Å²) in [5, 5.41) is 23.4. The first-order valence-corrected chi connectivity index (χ1v) is 14.6. The Balaban J connectivity index is 1.97. The molecule has 2 aromatic heterocycles. The molecule has 2 aromatic rings.